The van der Waals surface area contributed by atoms with Gasteiger partial charge < -0.3 is 20.4 Å². The van der Waals surface area contributed by atoms with Crippen molar-refractivity contribution in [2.45, 2.75) is 83.5 Å². The molecule has 33 heavy (non-hydrogen) atoms. The normalized spacial score (nSPS) is 21.4. The van der Waals surface area contributed by atoms with E-state index in [1.807, 2.05) is 23.6 Å². The molecule has 0 spiro atoms. The summed E-state index contributed by atoms with van der Waals surface area (Å²) >= 11 is 1.85. The summed E-state index contributed by atoms with van der Waals surface area (Å²) in [6.07, 6.45) is 8.11. The second-order valence-corrected chi connectivity index (χ2v) is 12.5. The van der Waals surface area contributed by atoms with Crippen LogP contribution in [0.3, 0.4) is 0 Å². The predicted molar refractivity (Wildman–Crippen MR) is 140 cm³/mol. The Kier molecular flexibility index (Phi) is 7.73. The molecular formula is C26H42N6S. The lowest BCUT2D eigenvalue weighted by Crippen LogP contribution is -2.60. The van der Waals surface area contributed by atoms with Crippen LogP contribution in [0.15, 0.2) is 24.4 Å². The van der Waals surface area contributed by atoms with E-state index in [4.69, 9.17) is 4.98 Å². The molecule has 0 amide bonds. The lowest BCUT2D eigenvalue weighted by molar-refractivity contribution is 0.170. The molecule has 2 aromatic heterocycles. The van der Waals surface area contributed by atoms with E-state index in [1.54, 1.807) is 0 Å². The number of aromatic nitrogens is 2. The van der Waals surface area contributed by atoms with Gasteiger partial charge in [0.15, 0.2) is 0 Å². The molecule has 182 valence electrons. The Morgan fingerprint density at radius 1 is 1.09 bits per heavy atom. The minimum absolute atomic E-state index is 0.0969. The van der Waals surface area contributed by atoms with Crippen LogP contribution < -0.4 is 10.6 Å². The molecule has 4 rings (SSSR count). The number of nitrogens with one attached hydrogen (secondary N) is 2. The van der Waals surface area contributed by atoms with Crippen molar-refractivity contribution in [1.82, 2.24) is 25.1 Å². The molecule has 4 heterocycles. The van der Waals surface area contributed by atoms with Crippen LogP contribution >= 0.6 is 11.3 Å². The fourth-order valence-corrected chi connectivity index (χ4v) is 6.67. The van der Waals surface area contributed by atoms with Crippen LogP contribution in [0.2, 0.25) is 0 Å². The number of likely N-dealkylation sites (N-methyl/N-ethyl adjacent to an activating group) is 1. The summed E-state index contributed by atoms with van der Waals surface area (Å²) < 4.78 is 0. The van der Waals surface area contributed by atoms with E-state index in [0.717, 1.165) is 37.6 Å². The highest BCUT2D eigenvalue weighted by atomic mass is 32.1. The molecule has 6 nitrogen and oxygen atoms in total. The molecule has 0 aromatic carbocycles. The Hall–Kier alpha value is -1.54. The van der Waals surface area contributed by atoms with Gasteiger partial charge in [0.05, 0.1) is 10.6 Å². The van der Waals surface area contributed by atoms with Gasteiger partial charge in [0.1, 0.15) is 0 Å². The van der Waals surface area contributed by atoms with Crippen molar-refractivity contribution in [1.29, 1.82) is 0 Å². The zero-order valence-corrected chi connectivity index (χ0v) is 22.0. The first kappa shape index (κ1) is 24.6. The monoisotopic (exact) mass is 470 g/mol. The van der Waals surface area contributed by atoms with E-state index in [9.17, 15) is 0 Å². The predicted octanol–water partition coefficient (Wildman–Crippen LogP) is 4.84. The topological polar surface area (TPSA) is 56.3 Å². The molecule has 0 aliphatic carbocycles. The van der Waals surface area contributed by atoms with Crippen molar-refractivity contribution < 1.29 is 0 Å². The van der Waals surface area contributed by atoms with Crippen molar-refractivity contribution >= 4 is 17.3 Å². The zero-order valence-electron chi connectivity index (χ0n) is 21.2. The SMILES string of the molecule is CN(CCN1CCCCC1)Cc1ccc(-c2ccnc(NC3CC(C)(C)NC(C)(C)C3)n2)s1. The summed E-state index contributed by atoms with van der Waals surface area (Å²) in [7, 11) is 2.23. The Morgan fingerprint density at radius 2 is 1.82 bits per heavy atom. The second-order valence-electron chi connectivity index (χ2n) is 11.3. The molecule has 2 aliphatic rings. The van der Waals surface area contributed by atoms with Gasteiger partial charge in [-0.05, 0) is 91.7 Å². The third-order valence-corrected chi connectivity index (χ3v) is 7.86. The van der Waals surface area contributed by atoms with E-state index in [-0.39, 0.29) is 11.1 Å². The van der Waals surface area contributed by atoms with E-state index >= 15 is 0 Å². The quantitative estimate of drug-likeness (QED) is 0.576. The highest BCUT2D eigenvalue weighted by Crippen LogP contribution is 2.31. The van der Waals surface area contributed by atoms with Gasteiger partial charge in [-0.25, -0.2) is 9.97 Å². The largest absolute Gasteiger partial charge is 0.351 e. The van der Waals surface area contributed by atoms with Crippen LogP contribution in [0.25, 0.3) is 10.6 Å². The molecule has 0 saturated carbocycles. The summed E-state index contributed by atoms with van der Waals surface area (Å²) in [5.74, 6) is 0.736. The standard InChI is InChI=1S/C26H42N6S/c1-25(2)17-20(18-26(3,4)30-25)28-24-27-12-11-22(29-24)23-10-9-21(33-23)19-31(5)15-16-32-13-7-6-8-14-32/h9-12,20,30H,6-8,13-19H2,1-5H3,(H,27,28,29). The minimum Gasteiger partial charge on any atom is -0.351 e. The average Bonchev–Trinajstić information content (AvgIpc) is 3.19. The number of hydrogen-bond acceptors (Lipinski definition) is 7. The van der Waals surface area contributed by atoms with Gasteiger partial charge in [-0.15, -0.1) is 11.3 Å². The lowest BCUT2D eigenvalue weighted by Gasteiger charge is -2.46. The first-order valence-electron chi connectivity index (χ1n) is 12.6. The van der Waals surface area contributed by atoms with Crippen LogP contribution in [-0.4, -0.2) is 70.1 Å². The number of piperidine rings is 2. The highest BCUT2D eigenvalue weighted by molar-refractivity contribution is 7.15. The molecule has 0 atom stereocenters. The zero-order chi connectivity index (χ0) is 23.5. The van der Waals surface area contributed by atoms with Gasteiger partial charge in [0, 0.05) is 47.8 Å². The van der Waals surface area contributed by atoms with E-state index in [2.05, 4.69) is 72.3 Å². The molecule has 2 aliphatic heterocycles. The first-order chi connectivity index (χ1) is 15.7. The summed E-state index contributed by atoms with van der Waals surface area (Å²) in [5.41, 5.74) is 1.20. The number of rotatable bonds is 8. The van der Waals surface area contributed by atoms with Crippen molar-refractivity contribution in [3.8, 4) is 10.6 Å². The van der Waals surface area contributed by atoms with Crippen LogP contribution in [0.5, 0.6) is 0 Å². The average molecular weight is 471 g/mol. The lowest BCUT2D eigenvalue weighted by atomic mass is 9.80. The molecular weight excluding hydrogens is 428 g/mol. The number of anilines is 1. The third-order valence-electron chi connectivity index (χ3n) is 6.77. The van der Waals surface area contributed by atoms with E-state index < -0.39 is 0 Å². The van der Waals surface area contributed by atoms with Gasteiger partial charge in [-0.3, -0.25) is 0 Å². The van der Waals surface area contributed by atoms with Gasteiger partial charge in [-0.1, -0.05) is 6.42 Å². The summed E-state index contributed by atoms with van der Waals surface area (Å²) in [6.45, 7) is 14.9. The van der Waals surface area contributed by atoms with E-state index in [1.165, 1.54) is 48.7 Å². The Labute approximate surface area is 204 Å². The van der Waals surface area contributed by atoms with Crippen molar-refractivity contribution in [2.24, 2.45) is 0 Å². The second kappa shape index (κ2) is 10.4. The maximum absolute atomic E-state index is 4.87. The maximum Gasteiger partial charge on any atom is 0.223 e. The Morgan fingerprint density at radius 3 is 2.55 bits per heavy atom. The van der Waals surface area contributed by atoms with Gasteiger partial charge in [-0.2, -0.15) is 0 Å². The van der Waals surface area contributed by atoms with Crippen LogP contribution in [0, 0.1) is 0 Å². The summed E-state index contributed by atoms with van der Waals surface area (Å²) in [5, 5.41) is 7.36. The number of thiophene rings is 1. The third kappa shape index (κ3) is 7.22. The fraction of sp³-hybridized carbons (Fsp3) is 0.692. The Bertz CT molecular complexity index is 886. The number of hydrogen-bond donors (Lipinski definition) is 2. The summed E-state index contributed by atoms with van der Waals surface area (Å²) in [4.78, 5) is 17.1. The molecule has 2 saturated heterocycles. The highest BCUT2D eigenvalue weighted by Gasteiger charge is 2.37. The number of likely N-dealkylation sites (tertiary alicyclic amines) is 1. The van der Waals surface area contributed by atoms with Gasteiger partial charge in [0.25, 0.3) is 0 Å². The molecule has 2 fully saturated rings. The van der Waals surface area contributed by atoms with Crippen LogP contribution in [0.1, 0.15) is 64.7 Å². The maximum atomic E-state index is 4.87. The molecule has 0 radical (unpaired) electrons. The van der Waals surface area contributed by atoms with Gasteiger partial charge >= 0.3 is 0 Å². The molecule has 2 N–H and O–H groups in total. The first-order valence-corrected chi connectivity index (χ1v) is 13.4. The van der Waals surface area contributed by atoms with Crippen molar-refractivity contribution in [3.63, 3.8) is 0 Å². The van der Waals surface area contributed by atoms with E-state index in [0.29, 0.717) is 6.04 Å². The van der Waals surface area contributed by atoms with Gasteiger partial charge in [0.2, 0.25) is 5.95 Å². The molecule has 0 unspecified atom stereocenters. The molecule has 0 bridgehead atoms. The fourth-order valence-electron chi connectivity index (χ4n) is 5.61. The van der Waals surface area contributed by atoms with Crippen molar-refractivity contribution in [2.75, 3.05) is 38.5 Å². The minimum atomic E-state index is 0.0969. The van der Waals surface area contributed by atoms with Crippen molar-refractivity contribution in [3.05, 3.63) is 29.3 Å². The Balaban J connectivity index is 1.34. The van der Waals surface area contributed by atoms with Crippen LogP contribution in [-0.2, 0) is 6.54 Å². The number of nitrogens with zero attached hydrogens (tertiary/aromatic N) is 4. The molecule has 7 heteroatoms. The smallest absolute Gasteiger partial charge is 0.223 e. The molecule has 2 aromatic rings. The van der Waals surface area contributed by atoms with Crippen LogP contribution in [0.4, 0.5) is 5.95 Å². The summed E-state index contributed by atoms with van der Waals surface area (Å²) in [6, 6.07) is 6.85.